The van der Waals surface area contributed by atoms with Crippen molar-refractivity contribution in [2.24, 2.45) is 11.5 Å². The highest BCUT2D eigenvalue weighted by Gasteiger charge is 2.54. The summed E-state index contributed by atoms with van der Waals surface area (Å²) in [5.41, 5.74) is 11.6. The van der Waals surface area contributed by atoms with Crippen LogP contribution in [0.25, 0.3) is 0 Å². The van der Waals surface area contributed by atoms with Gasteiger partial charge in [-0.3, -0.25) is 10.1 Å². The first-order valence-electron chi connectivity index (χ1n) is 12.9. The van der Waals surface area contributed by atoms with Gasteiger partial charge >= 0.3 is 11.9 Å². The number of aliphatic carboxylic acids is 1. The zero-order valence-corrected chi connectivity index (χ0v) is 22.3. The molecule has 0 radical (unpaired) electrons. The first kappa shape index (κ1) is 34.8. The Morgan fingerprint density at radius 1 is 0.762 bits per heavy atom. The number of aliphatic hydroxyl groups is 8. The van der Waals surface area contributed by atoms with E-state index in [-0.39, 0.29) is 0 Å². The Bertz CT molecular complexity index is 900. The van der Waals surface area contributed by atoms with E-state index in [2.05, 4.69) is 5.32 Å². The molecule has 0 spiro atoms. The second kappa shape index (κ2) is 14.9. The highest BCUT2D eigenvalue weighted by atomic mass is 16.7. The number of carboxylic acids is 1. The van der Waals surface area contributed by atoms with Crippen LogP contribution < -0.4 is 16.8 Å². The Morgan fingerprint density at radius 3 is 1.83 bits per heavy atom. The fourth-order valence-electron chi connectivity index (χ4n) is 4.83. The summed E-state index contributed by atoms with van der Waals surface area (Å²) >= 11 is 0. The summed E-state index contributed by atoms with van der Waals surface area (Å²) in [4.78, 5) is 23.3. The fourth-order valence-corrected chi connectivity index (χ4v) is 4.83. The molecule has 3 heterocycles. The topological polar surface area (TPSA) is 336 Å². The van der Waals surface area contributed by atoms with Crippen molar-refractivity contribution >= 4 is 11.9 Å². The molecule has 0 aromatic heterocycles. The van der Waals surface area contributed by atoms with Crippen LogP contribution in [0.5, 0.6) is 0 Å². The van der Waals surface area contributed by atoms with Crippen LogP contribution in [0.4, 0.5) is 0 Å². The minimum atomic E-state index is -2.10. The molecular formula is C22H39N3O17. The predicted octanol–water partition coefficient (Wildman–Crippen LogP) is -8.07. The van der Waals surface area contributed by atoms with Gasteiger partial charge in [-0.15, -0.1) is 0 Å². The van der Waals surface area contributed by atoms with Crippen molar-refractivity contribution in [3.05, 3.63) is 0 Å². The van der Waals surface area contributed by atoms with Gasteiger partial charge in [0.1, 0.15) is 54.9 Å². The van der Waals surface area contributed by atoms with Gasteiger partial charge in [-0.25, -0.2) is 4.79 Å². The van der Waals surface area contributed by atoms with Gasteiger partial charge in [-0.2, -0.15) is 0 Å². The molecule has 0 saturated carbocycles. The van der Waals surface area contributed by atoms with E-state index < -0.39 is 130 Å². The smallest absolute Gasteiger partial charge is 0.360 e. The van der Waals surface area contributed by atoms with E-state index in [1.807, 2.05) is 0 Å². The normalized spacial score (nSPS) is 45.3. The summed E-state index contributed by atoms with van der Waals surface area (Å²) < 4.78 is 32.5. The third-order valence-electron chi connectivity index (χ3n) is 7.14. The van der Waals surface area contributed by atoms with Crippen molar-refractivity contribution in [3.8, 4) is 0 Å². The lowest BCUT2D eigenvalue weighted by atomic mass is 9.94. The molecule has 20 heteroatoms. The second-order valence-corrected chi connectivity index (χ2v) is 10.0. The molecule has 16 atom stereocenters. The summed E-state index contributed by atoms with van der Waals surface area (Å²) in [6.07, 6.45) is -21.5. The van der Waals surface area contributed by atoms with Crippen LogP contribution in [0.15, 0.2) is 0 Å². The number of hydrogen-bond donors (Lipinski definition) is 12. The highest BCUT2D eigenvalue weighted by Crippen LogP contribution is 2.32. The number of hydrogen-bond acceptors (Lipinski definition) is 19. The number of nitrogens with two attached hydrogens (primary N) is 2. The Balaban J connectivity index is 1.93. The van der Waals surface area contributed by atoms with E-state index in [4.69, 9.17) is 39.9 Å². The number of ether oxygens (including phenoxy) is 6. The van der Waals surface area contributed by atoms with Gasteiger partial charge in [0.25, 0.3) is 6.23 Å². The number of carbonyl (C=O) groups excluding carboxylic acids is 1. The predicted molar refractivity (Wildman–Crippen MR) is 129 cm³/mol. The van der Waals surface area contributed by atoms with Crippen molar-refractivity contribution in [1.29, 1.82) is 0 Å². The van der Waals surface area contributed by atoms with Crippen LogP contribution in [-0.2, 0) is 38.0 Å². The van der Waals surface area contributed by atoms with Crippen LogP contribution in [0, 0.1) is 0 Å². The number of esters is 1. The van der Waals surface area contributed by atoms with Gasteiger partial charge < -0.3 is 85.8 Å². The molecule has 0 aliphatic carbocycles. The summed E-state index contributed by atoms with van der Waals surface area (Å²) in [6, 6.07) is -4.58. The summed E-state index contributed by atoms with van der Waals surface area (Å²) in [5.74, 6) is -2.74. The van der Waals surface area contributed by atoms with Crippen LogP contribution in [0.2, 0.25) is 0 Å². The van der Waals surface area contributed by atoms with Gasteiger partial charge in [-0.05, 0) is 0 Å². The number of carbonyl (C=O) groups is 2. The molecule has 3 saturated heterocycles. The third-order valence-corrected chi connectivity index (χ3v) is 7.14. The molecule has 42 heavy (non-hydrogen) atoms. The molecule has 3 aliphatic rings. The SMILES string of the molecule is CC(=O)OC(N[C@H]1[C@H](OC2[C@@H](CO)O[C@@H](O)[C@H](N)[C@H]2O)O[C@H](CO)C(O[C@@H]2O[C@H](CO)[C@@H](O)[C@H](O)[C@H]2N)[C@@H]1O)C(=O)O. The molecule has 3 fully saturated rings. The quantitative estimate of drug-likeness (QED) is 0.0756. The van der Waals surface area contributed by atoms with Crippen LogP contribution in [0.1, 0.15) is 6.92 Å². The number of rotatable bonds is 11. The molecule has 0 amide bonds. The van der Waals surface area contributed by atoms with Crippen molar-refractivity contribution in [1.82, 2.24) is 5.32 Å². The first-order chi connectivity index (χ1) is 19.7. The van der Waals surface area contributed by atoms with Gasteiger partial charge in [0.15, 0.2) is 18.9 Å². The summed E-state index contributed by atoms with van der Waals surface area (Å²) in [5, 5.41) is 93.4. The van der Waals surface area contributed by atoms with Crippen LogP contribution in [-0.4, -0.2) is 176 Å². The van der Waals surface area contributed by atoms with Crippen molar-refractivity contribution in [3.63, 3.8) is 0 Å². The van der Waals surface area contributed by atoms with E-state index in [0.29, 0.717) is 0 Å². The maximum atomic E-state index is 11.8. The molecule has 0 aromatic carbocycles. The van der Waals surface area contributed by atoms with E-state index in [0.717, 1.165) is 6.92 Å². The van der Waals surface area contributed by atoms with Crippen molar-refractivity contribution in [2.45, 2.75) is 105 Å². The molecule has 20 nitrogen and oxygen atoms in total. The molecule has 14 N–H and O–H groups in total. The van der Waals surface area contributed by atoms with Crippen molar-refractivity contribution in [2.75, 3.05) is 19.8 Å². The fraction of sp³-hybridized carbons (Fsp3) is 0.909. The van der Waals surface area contributed by atoms with Gasteiger partial charge in [-0.1, -0.05) is 0 Å². The lowest BCUT2D eigenvalue weighted by Gasteiger charge is -2.49. The number of carboxylic acid groups (broad SMARTS) is 1. The summed E-state index contributed by atoms with van der Waals surface area (Å²) in [7, 11) is 0. The van der Waals surface area contributed by atoms with E-state index in [9.17, 15) is 55.5 Å². The van der Waals surface area contributed by atoms with E-state index in [1.54, 1.807) is 0 Å². The number of nitrogens with one attached hydrogen (secondary N) is 1. The van der Waals surface area contributed by atoms with Crippen molar-refractivity contribution < 1.29 is 84.0 Å². The Hall–Kier alpha value is -1.70. The second-order valence-electron chi connectivity index (χ2n) is 10.0. The minimum Gasteiger partial charge on any atom is -0.477 e. The molecule has 3 rings (SSSR count). The summed E-state index contributed by atoms with van der Waals surface area (Å²) in [6.45, 7) is -1.51. The van der Waals surface area contributed by atoms with E-state index in [1.165, 1.54) is 0 Å². The highest BCUT2D eigenvalue weighted by molar-refractivity contribution is 5.76. The zero-order valence-electron chi connectivity index (χ0n) is 22.3. The lowest BCUT2D eigenvalue weighted by molar-refractivity contribution is -0.351. The molecule has 3 aliphatic heterocycles. The average Bonchev–Trinajstić information content (AvgIpc) is 2.95. The zero-order chi connectivity index (χ0) is 31.5. The molecule has 0 aromatic rings. The van der Waals surface area contributed by atoms with Gasteiger partial charge in [0, 0.05) is 6.92 Å². The Kier molecular flexibility index (Phi) is 12.3. The minimum absolute atomic E-state index is 0.755. The molecule has 3 unspecified atom stereocenters. The van der Waals surface area contributed by atoms with E-state index >= 15 is 0 Å². The average molecular weight is 618 g/mol. The molecule has 0 bridgehead atoms. The molecule has 244 valence electrons. The Morgan fingerprint density at radius 2 is 1.29 bits per heavy atom. The Labute approximate surface area is 238 Å². The largest absolute Gasteiger partial charge is 0.477 e. The maximum absolute atomic E-state index is 11.8. The first-order valence-corrected chi connectivity index (χ1v) is 12.9. The number of aliphatic hydroxyl groups excluding tert-OH is 8. The lowest BCUT2D eigenvalue weighted by Crippen LogP contribution is -2.71. The standard InChI is InChI=1S/C22H39N3O17/c1-5(29)37-18(19(34)35)25-11-15(33)17(41-21-10(24)13(31)12(30)6(2-26)39-21)8(4-28)40-22(11)42-16-7(3-27)38-20(36)9(23)14(16)32/h6-18,20-22,25-28,30-33,36H,2-4,23-24H2,1H3,(H,34,35)/t6-,7-,8-,9-,10-,11-,12-,13-,14-,15-,16?,17?,18?,20-,21+,22+/m1/s1. The van der Waals surface area contributed by atoms with Gasteiger partial charge in [0.05, 0.1) is 37.9 Å². The third kappa shape index (κ3) is 7.50. The monoisotopic (exact) mass is 617 g/mol. The van der Waals surface area contributed by atoms with Gasteiger partial charge in [0.2, 0.25) is 0 Å². The van der Waals surface area contributed by atoms with Crippen LogP contribution in [0.3, 0.4) is 0 Å². The maximum Gasteiger partial charge on any atom is 0.360 e. The van der Waals surface area contributed by atoms with Crippen LogP contribution >= 0.6 is 0 Å². The molecular weight excluding hydrogens is 578 g/mol.